The number of nitrogens with zero attached hydrogens (tertiary/aromatic N) is 2. The summed E-state index contributed by atoms with van der Waals surface area (Å²) in [5.41, 5.74) is 5.38. The summed E-state index contributed by atoms with van der Waals surface area (Å²) < 4.78 is 3.81. The average molecular weight is 311 g/mol. The molecule has 0 bridgehead atoms. The molecule has 3 rings (SSSR count). The SMILES string of the molecule is NC(=O)C(O)(c1ccccc1)c1ccc(-c2cnns2)cc1. The number of primary amides is 1. The maximum Gasteiger partial charge on any atom is 0.258 e. The Balaban J connectivity index is 2.05. The molecule has 1 heterocycles. The van der Waals surface area contributed by atoms with Crippen molar-refractivity contribution in [2.24, 2.45) is 5.73 Å². The van der Waals surface area contributed by atoms with Gasteiger partial charge in [-0.1, -0.05) is 59.1 Å². The van der Waals surface area contributed by atoms with Gasteiger partial charge in [-0.2, -0.15) is 0 Å². The van der Waals surface area contributed by atoms with E-state index in [1.165, 1.54) is 11.5 Å². The Morgan fingerprint density at radius 3 is 2.23 bits per heavy atom. The minimum atomic E-state index is -1.86. The molecular weight excluding hydrogens is 298 g/mol. The minimum absolute atomic E-state index is 0.424. The molecule has 0 saturated heterocycles. The van der Waals surface area contributed by atoms with Gasteiger partial charge in [0.05, 0.1) is 11.1 Å². The fourth-order valence-corrected chi connectivity index (χ4v) is 2.82. The van der Waals surface area contributed by atoms with Crippen molar-refractivity contribution < 1.29 is 9.90 Å². The highest BCUT2D eigenvalue weighted by Crippen LogP contribution is 2.31. The zero-order valence-corrected chi connectivity index (χ0v) is 12.3. The van der Waals surface area contributed by atoms with E-state index in [0.717, 1.165) is 10.4 Å². The van der Waals surface area contributed by atoms with E-state index in [-0.39, 0.29) is 0 Å². The van der Waals surface area contributed by atoms with Crippen molar-refractivity contribution in [1.82, 2.24) is 9.59 Å². The van der Waals surface area contributed by atoms with Crippen molar-refractivity contribution in [3.8, 4) is 10.4 Å². The third-order valence-electron chi connectivity index (χ3n) is 3.50. The van der Waals surface area contributed by atoms with Crippen molar-refractivity contribution in [1.29, 1.82) is 0 Å². The number of nitrogens with two attached hydrogens (primary N) is 1. The molecule has 3 N–H and O–H groups in total. The molecular formula is C16H13N3O2S. The number of carbonyl (C=O) groups excluding carboxylic acids is 1. The van der Waals surface area contributed by atoms with Crippen LogP contribution in [0.4, 0.5) is 0 Å². The van der Waals surface area contributed by atoms with Crippen molar-refractivity contribution in [2.75, 3.05) is 0 Å². The number of aromatic nitrogens is 2. The molecule has 1 atom stereocenters. The van der Waals surface area contributed by atoms with Gasteiger partial charge >= 0.3 is 0 Å². The molecule has 6 heteroatoms. The second-order valence-electron chi connectivity index (χ2n) is 4.80. The largest absolute Gasteiger partial charge is 0.372 e. The van der Waals surface area contributed by atoms with Gasteiger partial charge in [0.25, 0.3) is 5.91 Å². The van der Waals surface area contributed by atoms with Crippen LogP contribution in [0.3, 0.4) is 0 Å². The van der Waals surface area contributed by atoms with Crippen molar-refractivity contribution in [3.05, 3.63) is 71.9 Å². The highest BCUT2D eigenvalue weighted by molar-refractivity contribution is 7.09. The quantitative estimate of drug-likeness (QED) is 0.770. The highest BCUT2D eigenvalue weighted by Gasteiger charge is 2.37. The summed E-state index contributed by atoms with van der Waals surface area (Å²) in [7, 11) is 0. The molecule has 0 radical (unpaired) electrons. The Hall–Kier alpha value is -2.57. The first-order valence-corrected chi connectivity index (χ1v) is 7.36. The van der Waals surface area contributed by atoms with Gasteiger partial charge in [0.2, 0.25) is 0 Å². The first kappa shape index (κ1) is 14.4. The maximum absolute atomic E-state index is 11.9. The average Bonchev–Trinajstić information content (AvgIpc) is 3.09. The lowest BCUT2D eigenvalue weighted by Gasteiger charge is -2.25. The number of hydrogen-bond donors (Lipinski definition) is 2. The van der Waals surface area contributed by atoms with E-state index in [9.17, 15) is 9.90 Å². The Morgan fingerprint density at radius 1 is 1.05 bits per heavy atom. The molecule has 5 nitrogen and oxygen atoms in total. The predicted molar refractivity (Wildman–Crippen MR) is 84.0 cm³/mol. The molecule has 22 heavy (non-hydrogen) atoms. The fourth-order valence-electron chi connectivity index (χ4n) is 2.30. The van der Waals surface area contributed by atoms with Crippen molar-refractivity contribution in [2.45, 2.75) is 5.60 Å². The molecule has 0 aliphatic carbocycles. The summed E-state index contributed by atoms with van der Waals surface area (Å²) in [4.78, 5) is 12.8. The van der Waals surface area contributed by atoms with E-state index in [1.54, 1.807) is 54.7 Å². The van der Waals surface area contributed by atoms with Crippen LogP contribution in [0, 0.1) is 0 Å². The van der Waals surface area contributed by atoms with Crippen molar-refractivity contribution in [3.63, 3.8) is 0 Å². The Kier molecular flexibility index (Phi) is 3.70. The van der Waals surface area contributed by atoms with Crippen molar-refractivity contribution >= 4 is 17.4 Å². The summed E-state index contributed by atoms with van der Waals surface area (Å²) >= 11 is 1.28. The lowest BCUT2D eigenvalue weighted by atomic mass is 9.85. The topological polar surface area (TPSA) is 89.1 Å². The van der Waals surface area contributed by atoms with Crippen LogP contribution in [-0.4, -0.2) is 20.6 Å². The van der Waals surface area contributed by atoms with E-state index in [4.69, 9.17) is 5.73 Å². The molecule has 2 aromatic carbocycles. The number of amides is 1. The van der Waals surface area contributed by atoms with Crippen LogP contribution in [0.15, 0.2) is 60.8 Å². The Labute approximate surface area is 131 Å². The summed E-state index contributed by atoms with van der Waals surface area (Å²) in [5.74, 6) is -0.814. The van der Waals surface area contributed by atoms with Gasteiger partial charge < -0.3 is 10.8 Å². The van der Waals surface area contributed by atoms with Crippen LogP contribution in [0.5, 0.6) is 0 Å². The molecule has 110 valence electrons. The summed E-state index contributed by atoms with van der Waals surface area (Å²) in [5, 5.41) is 14.6. The van der Waals surface area contributed by atoms with Gasteiger partial charge in [-0.25, -0.2) is 0 Å². The van der Waals surface area contributed by atoms with Crippen LogP contribution in [0.1, 0.15) is 11.1 Å². The third kappa shape index (κ3) is 2.38. The molecule has 0 saturated carbocycles. The van der Waals surface area contributed by atoms with E-state index in [2.05, 4.69) is 9.59 Å². The van der Waals surface area contributed by atoms with Gasteiger partial charge in [-0.05, 0) is 28.2 Å². The smallest absolute Gasteiger partial charge is 0.258 e. The third-order valence-corrected chi connectivity index (χ3v) is 4.21. The summed E-state index contributed by atoms with van der Waals surface area (Å²) in [6.07, 6.45) is 1.66. The monoisotopic (exact) mass is 311 g/mol. The molecule has 3 aromatic rings. The van der Waals surface area contributed by atoms with Gasteiger partial charge in [-0.3, -0.25) is 4.79 Å². The molecule has 1 amide bonds. The predicted octanol–water partition coefficient (Wildman–Crippen LogP) is 1.93. The first-order valence-electron chi connectivity index (χ1n) is 6.58. The van der Waals surface area contributed by atoms with Crippen LogP contribution in [-0.2, 0) is 10.4 Å². The van der Waals surface area contributed by atoms with Gasteiger partial charge in [0.1, 0.15) is 0 Å². The number of aliphatic hydroxyl groups is 1. The van der Waals surface area contributed by atoms with E-state index in [1.807, 2.05) is 6.07 Å². The highest BCUT2D eigenvalue weighted by atomic mass is 32.1. The number of benzene rings is 2. The lowest BCUT2D eigenvalue weighted by Crippen LogP contribution is -2.42. The van der Waals surface area contributed by atoms with Crippen LogP contribution in [0.25, 0.3) is 10.4 Å². The molecule has 0 aliphatic rings. The van der Waals surface area contributed by atoms with Crippen LogP contribution < -0.4 is 5.73 Å². The Morgan fingerprint density at radius 2 is 1.68 bits per heavy atom. The molecule has 1 aromatic heterocycles. The molecule has 0 aliphatic heterocycles. The van der Waals surface area contributed by atoms with Gasteiger partial charge in [-0.15, -0.1) is 5.10 Å². The van der Waals surface area contributed by atoms with Crippen LogP contribution in [0.2, 0.25) is 0 Å². The number of hydrogen-bond acceptors (Lipinski definition) is 5. The van der Waals surface area contributed by atoms with Gasteiger partial charge in [0.15, 0.2) is 5.60 Å². The van der Waals surface area contributed by atoms with E-state index < -0.39 is 11.5 Å². The van der Waals surface area contributed by atoms with Gasteiger partial charge in [0, 0.05) is 0 Å². The molecule has 1 unspecified atom stereocenters. The number of carbonyl (C=O) groups is 1. The fraction of sp³-hybridized carbons (Fsp3) is 0.0625. The first-order chi connectivity index (χ1) is 10.6. The summed E-state index contributed by atoms with van der Waals surface area (Å²) in [6, 6.07) is 15.6. The zero-order chi connectivity index (χ0) is 15.6. The lowest BCUT2D eigenvalue weighted by molar-refractivity contribution is -0.133. The summed E-state index contributed by atoms with van der Waals surface area (Å²) in [6.45, 7) is 0. The number of rotatable bonds is 4. The standard InChI is InChI=1S/C16H13N3O2S/c17-15(20)16(21,12-4-2-1-3-5-12)13-8-6-11(7-9-13)14-10-18-19-22-14/h1-10,21H,(H2,17,20). The normalized spacial score (nSPS) is 13.5. The maximum atomic E-state index is 11.9. The Bertz CT molecular complexity index is 773. The second kappa shape index (κ2) is 5.67. The van der Waals surface area contributed by atoms with E-state index >= 15 is 0 Å². The molecule has 0 spiro atoms. The second-order valence-corrected chi connectivity index (χ2v) is 5.59. The van der Waals surface area contributed by atoms with Crippen LogP contribution >= 0.6 is 11.5 Å². The minimum Gasteiger partial charge on any atom is -0.372 e. The zero-order valence-electron chi connectivity index (χ0n) is 11.5. The molecule has 0 fully saturated rings. The van der Waals surface area contributed by atoms with E-state index in [0.29, 0.717) is 11.1 Å².